The van der Waals surface area contributed by atoms with Crippen molar-refractivity contribution in [3.63, 3.8) is 0 Å². The molecular formula is C15H19ClF3N3O3S. The number of carbonyl (C=O) groups is 1. The third-order valence-corrected chi connectivity index (χ3v) is 5.83. The van der Waals surface area contributed by atoms with Gasteiger partial charge >= 0.3 is 6.18 Å². The molecule has 0 unspecified atom stereocenters. The van der Waals surface area contributed by atoms with E-state index in [0.29, 0.717) is 19.2 Å². The predicted octanol–water partition coefficient (Wildman–Crippen LogP) is 1.80. The van der Waals surface area contributed by atoms with Crippen LogP contribution in [0.1, 0.15) is 12.0 Å². The van der Waals surface area contributed by atoms with E-state index in [9.17, 15) is 26.4 Å². The summed E-state index contributed by atoms with van der Waals surface area (Å²) in [5.74, 6) is -0.201. The fourth-order valence-electron chi connectivity index (χ4n) is 2.48. The van der Waals surface area contributed by atoms with Crippen molar-refractivity contribution in [1.82, 2.24) is 14.5 Å². The second-order valence-corrected chi connectivity index (χ2v) is 8.15. The van der Waals surface area contributed by atoms with Crippen LogP contribution in [-0.2, 0) is 21.0 Å². The fraction of sp³-hybridized carbons (Fsp3) is 0.533. The summed E-state index contributed by atoms with van der Waals surface area (Å²) in [4.78, 5) is 15.2. The van der Waals surface area contributed by atoms with Gasteiger partial charge in [-0.3, -0.25) is 4.79 Å². The Morgan fingerprint density at radius 3 is 2.42 bits per heavy atom. The lowest BCUT2D eigenvalue weighted by Crippen LogP contribution is -2.47. The van der Waals surface area contributed by atoms with E-state index in [0.717, 1.165) is 25.2 Å². The van der Waals surface area contributed by atoms with E-state index >= 15 is 0 Å². The number of alkyl halides is 3. The minimum absolute atomic E-state index is 0.0668. The number of rotatable bonds is 5. The normalized spacial score (nSPS) is 16.7. The molecule has 2 rings (SSSR count). The summed E-state index contributed by atoms with van der Waals surface area (Å²) in [6, 6.07) is 2.35. The van der Waals surface area contributed by atoms with Crippen molar-refractivity contribution in [3.8, 4) is 0 Å². The van der Waals surface area contributed by atoms with Gasteiger partial charge in [0, 0.05) is 39.1 Å². The molecule has 0 bridgehead atoms. The second-order valence-electron chi connectivity index (χ2n) is 5.97. The Kier molecular flexibility index (Phi) is 6.54. The number of nitrogens with one attached hydrogen (secondary N) is 1. The van der Waals surface area contributed by atoms with Crippen LogP contribution in [0.5, 0.6) is 0 Å². The van der Waals surface area contributed by atoms with Crippen molar-refractivity contribution >= 4 is 27.5 Å². The molecular weight excluding hydrogens is 395 g/mol. The zero-order valence-corrected chi connectivity index (χ0v) is 15.6. The summed E-state index contributed by atoms with van der Waals surface area (Å²) in [7, 11) is -2.24. The highest BCUT2D eigenvalue weighted by molar-refractivity contribution is 7.89. The highest BCUT2D eigenvalue weighted by Crippen LogP contribution is 2.35. The Morgan fingerprint density at radius 1 is 1.23 bits per heavy atom. The van der Waals surface area contributed by atoms with E-state index in [1.807, 2.05) is 7.05 Å². The van der Waals surface area contributed by atoms with Crippen molar-refractivity contribution in [2.75, 3.05) is 39.8 Å². The first-order valence-corrected chi connectivity index (χ1v) is 9.69. The van der Waals surface area contributed by atoms with Crippen LogP contribution in [0.25, 0.3) is 0 Å². The van der Waals surface area contributed by atoms with E-state index < -0.39 is 31.7 Å². The van der Waals surface area contributed by atoms with E-state index in [1.165, 1.54) is 0 Å². The van der Waals surface area contributed by atoms with E-state index in [4.69, 9.17) is 11.6 Å². The van der Waals surface area contributed by atoms with Crippen molar-refractivity contribution < 1.29 is 26.4 Å². The van der Waals surface area contributed by atoms with Crippen molar-refractivity contribution in [1.29, 1.82) is 0 Å². The summed E-state index contributed by atoms with van der Waals surface area (Å²) in [6.45, 7) is 2.41. The van der Waals surface area contributed by atoms with Crippen molar-refractivity contribution in [3.05, 3.63) is 28.8 Å². The molecule has 1 aromatic carbocycles. The smallest absolute Gasteiger partial charge is 0.340 e. The zero-order chi connectivity index (χ0) is 19.5. The monoisotopic (exact) mass is 413 g/mol. The summed E-state index contributed by atoms with van der Waals surface area (Å²) < 4.78 is 65.1. The molecule has 1 saturated heterocycles. The Labute approximate surface area is 155 Å². The Morgan fingerprint density at radius 2 is 1.85 bits per heavy atom. The SMILES string of the molecule is CN1CCN(C(=O)CCNS(=O)(=O)c2ccc(Cl)c(C(F)(F)F)c2)CC1. The molecule has 1 aliphatic heterocycles. The van der Waals surface area contributed by atoms with Crippen LogP contribution in [0.2, 0.25) is 5.02 Å². The largest absolute Gasteiger partial charge is 0.417 e. The molecule has 6 nitrogen and oxygen atoms in total. The molecule has 0 radical (unpaired) electrons. The molecule has 11 heteroatoms. The second kappa shape index (κ2) is 8.12. The van der Waals surface area contributed by atoms with Gasteiger partial charge in [-0.2, -0.15) is 13.2 Å². The van der Waals surface area contributed by atoms with E-state index in [1.54, 1.807) is 4.90 Å². The standard InChI is InChI=1S/C15H19ClF3N3O3S/c1-21-6-8-22(9-7-21)14(23)4-5-20-26(24,25)11-2-3-13(16)12(10-11)15(17,18)19/h2-3,10,20H,4-9H2,1H3. The summed E-state index contributed by atoms with van der Waals surface area (Å²) in [5, 5.41) is -0.582. The van der Waals surface area contributed by atoms with E-state index in [2.05, 4.69) is 9.62 Å². The molecule has 1 amide bonds. The van der Waals surface area contributed by atoms with Crippen LogP contribution in [0, 0.1) is 0 Å². The molecule has 0 aromatic heterocycles. The maximum Gasteiger partial charge on any atom is 0.417 e. The first-order chi connectivity index (χ1) is 12.0. The molecule has 0 atom stereocenters. The van der Waals surface area contributed by atoms with Gasteiger partial charge < -0.3 is 9.80 Å². The quantitative estimate of drug-likeness (QED) is 0.799. The molecule has 0 aliphatic carbocycles. The van der Waals surface area contributed by atoms with Crippen LogP contribution >= 0.6 is 11.6 Å². The van der Waals surface area contributed by atoms with Crippen molar-refractivity contribution in [2.45, 2.75) is 17.5 Å². The maximum absolute atomic E-state index is 12.9. The summed E-state index contributed by atoms with van der Waals surface area (Å²) >= 11 is 5.48. The van der Waals surface area contributed by atoms with Crippen LogP contribution in [0.3, 0.4) is 0 Å². The van der Waals surface area contributed by atoms with Gasteiger partial charge in [0.1, 0.15) is 0 Å². The number of hydrogen-bond acceptors (Lipinski definition) is 4. The Bertz CT molecular complexity index is 763. The van der Waals surface area contributed by atoms with Crippen LogP contribution < -0.4 is 4.72 Å². The lowest BCUT2D eigenvalue weighted by molar-refractivity contribution is -0.137. The van der Waals surface area contributed by atoms with Gasteiger partial charge in [-0.15, -0.1) is 0 Å². The average molecular weight is 414 g/mol. The molecule has 1 N–H and O–H groups in total. The molecule has 1 heterocycles. The molecule has 0 saturated carbocycles. The van der Waals surface area contributed by atoms with Gasteiger partial charge in [0.2, 0.25) is 15.9 Å². The first-order valence-electron chi connectivity index (χ1n) is 7.83. The van der Waals surface area contributed by atoms with Crippen LogP contribution in [0.15, 0.2) is 23.1 Å². The van der Waals surface area contributed by atoms with Gasteiger partial charge in [0.05, 0.1) is 15.5 Å². The molecule has 1 aromatic rings. The van der Waals surface area contributed by atoms with Gasteiger partial charge in [-0.1, -0.05) is 11.6 Å². The van der Waals surface area contributed by atoms with Gasteiger partial charge in [0.15, 0.2) is 0 Å². The lowest BCUT2D eigenvalue weighted by Gasteiger charge is -2.32. The van der Waals surface area contributed by atoms with Gasteiger partial charge in [-0.25, -0.2) is 13.1 Å². The van der Waals surface area contributed by atoms with Crippen molar-refractivity contribution in [2.24, 2.45) is 0 Å². The predicted molar refractivity (Wildman–Crippen MR) is 90.3 cm³/mol. The number of sulfonamides is 1. The number of amides is 1. The maximum atomic E-state index is 12.9. The van der Waals surface area contributed by atoms with Gasteiger partial charge in [-0.05, 0) is 25.2 Å². The zero-order valence-electron chi connectivity index (χ0n) is 14.0. The molecule has 1 aliphatic rings. The molecule has 26 heavy (non-hydrogen) atoms. The Balaban J connectivity index is 1.98. The van der Waals surface area contributed by atoms with Crippen LogP contribution in [-0.4, -0.2) is 63.9 Å². The third kappa shape index (κ3) is 5.32. The molecule has 0 spiro atoms. The third-order valence-electron chi connectivity index (χ3n) is 4.04. The number of hydrogen-bond donors (Lipinski definition) is 1. The fourth-order valence-corrected chi connectivity index (χ4v) is 3.76. The number of carbonyl (C=O) groups excluding carboxylic acids is 1. The number of halogens is 4. The molecule has 1 fully saturated rings. The van der Waals surface area contributed by atoms with Gasteiger partial charge in [0.25, 0.3) is 0 Å². The lowest BCUT2D eigenvalue weighted by atomic mass is 10.2. The minimum Gasteiger partial charge on any atom is -0.340 e. The first kappa shape index (κ1) is 20.9. The number of piperazine rings is 1. The van der Waals surface area contributed by atoms with Crippen LogP contribution in [0.4, 0.5) is 13.2 Å². The number of likely N-dealkylation sites (N-methyl/N-ethyl adjacent to an activating group) is 1. The Hall–Kier alpha value is -1.36. The highest BCUT2D eigenvalue weighted by atomic mass is 35.5. The number of benzene rings is 1. The topological polar surface area (TPSA) is 69.7 Å². The number of nitrogens with zero attached hydrogens (tertiary/aromatic N) is 2. The summed E-state index contributed by atoms with van der Waals surface area (Å²) in [6.07, 6.45) is -4.83. The summed E-state index contributed by atoms with van der Waals surface area (Å²) in [5.41, 5.74) is -1.23. The van der Waals surface area contributed by atoms with E-state index in [-0.39, 0.29) is 18.9 Å². The average Bonchev–Trinajstić information content (AvgIpc) is 2.54. The molecule has 146 valence electrons. The minimum atomic E-state index is -4.76. The highest BCUT2D eigenvalue weighted by Gasteiger charge is 2.34.